The molecule has 0 bridgehead atoms. The number of piperazine rings is 1. The van der Waals surface area contributed by atoms with E-state index in [1.165, 1.54) is 0 Å². The number of aromatic nitrogens is 2. The summed E-state index contributed by atoms with van der Waals surface area (Å²) in [4.78, 5) is 14.9. The zero-order valence-electron chi connectivity index (χ0n) is 10.9. The average molecular weight is 246 g/mol. The van der Waals surface area contributed by atoms with Crippen LogP contribution in [0.25, 0.3) is 0 Å². The smallest absolute Gasteiger partial charge is 0.134 e. The van der Waals surface area contributed by atoms with E-state index in [0.29, 0.717) is 6.54 Å². The van der Waals surface area contributed by atoms with Gasteiger partial charge < -0.3 is 14.7 Å². The van der Waals surface area contributed by atoms with Crippen LogP contribution in [0.1, 0.15) is 0 Å². The summed E-state index contributed by atoms with van der Waals surface area (Å²) in [7, 11) is 3.99. The molecule has 2 rings (SSSR count). The van der Waals surface area contributed by atoms with Crippen LogP contribution in [-0.2, 0) is 0 Å². The number of hydrogen-bond acceptors (Lipinski definition) is 6. The van der Waals surface area contributed by atoms with Crippen LogP contribution in [0, 0.1) is 11.3 Å². The lowest BCUT2D eigenvalue weighted by Crippen LogP contribution is -2.44. The fourth-order valence-corrected chi connectivity index (χ4v) is 1.94. The topological polar surface area (TPSA) is 59.3 Å². The Morgan fingerprint density at radius 3 is 2.72 bits per heavy atom. The number of anilines is 2. The van der Waals surface area contributed by atoms with Gasteiger partial charge in [-0.2, -0.15) is 5.26 Å². The summed E-state index contributed by atoms with van der Waals surface area (Å²) >= 11 is 0. The zero-order valence-corrected chi connectivity index (χ0v) is 10.9. The van der Waals surface area contributed by atoms with Crippen molar-refractivity contribution in [3.63, 3.8) is 0 Å². The molecule has 18 heavy (non-hydrogen) atoms. The molecule has 0 N–H and O–H groups in total. The summed E-state index contributed by atoms with van der Waals surface area (Å²) in [5, 5.41) is 8.69. The molecule has 0 aliphatic carbocycles. The zero-order chi connectivity index (χ0) is 13.0. The SMILES string of the molecule is CN1CCN(c2cc(N(C)CC#N)ncn2)CC1. The maximum atomic E-state index is 8.69. The second-order valence-electron chi connectivity index (χ2n) is 4.54. The Labute approximate surface area is 107 Å². The van der Waals surface area contributed by atoms with E-state index in [-0.39, 0.29) is 0 Å². The largest absolute Gasteiger partial charge is 0.354 e. The van der Waals surface area contributed by atoms with E-state index in [9.17, 15) is 0 Å². The molecule has 1 saturated heterocycles. The monoisotopic (exact) mass is 246 g/mol. The number of likely N-dealkylation sites (N-methyl/N-ethyl adjacent to an activating group) is 1. The van der Waals surface area contributed by atoms with E-state index >= 15 is 0 Å². The van der Waals surface area contributed by atoms with Gasteiger partial charge in [-0.15, -0.1) is 0 Å². The molecule has 96 valence electrons. The van der Waals surface area contributed by atoms with Gasteiger partial charge in [0.2, 0.25) is 0 Å². The summed E-state index contributed by atoms with van der Waals surface area (Å²) < 4.78 is 0. The van der Waals surface area contributed by atoms with Crippen LogP contribution >= 0.6 is 0 Å². The van der Waals surface area contributed by atoms with Gasteiger partial charge in [0.15, 0.2) is 0 Å². The van der Waals surface area contributed by atoms with Crippen LogP contribution < -0.4 is 9.80 Å². The van der Waals surface area contributed by atoms with E-state index < -0.39 is 0 Å². The number of hydrogen-bond donors (Lipinski definition) is 0. The Morgan fingerprint density at radius 2 is 2.06 bits per heavy atom. The van der Waals surface area contributed by atoms with Crippen LogP contribution in [0.15, 0.2) is 12.4 Å². The van der Waals surface area contributed by atoms with Gasteiger partial charge in [0.25, 0.3) is 0 Å². The molecular weight excluding hydrogens is 228 g/mol. The van der Waals surface area contributed by atoms with Crippen LogP contribution in [0.3, 0.4) is 0 Å². The lowest BCUT2D eigenvalue weighted by atomic mass is 10.3. The molecule has 0 aromatic carbocycles. The van der Waals surface area contributed by atoms with Gasteiger partial charge >= 0.3 is 0 Å². The summed E-state index contributed by atoms with van der Waals surface area (Å²) in [6.45, 7) is 4.39. The van der Waals surface area contributed by atoms with Crippen molar-refractivity contribution in [3.05, 3.63) is 12.4 Å². The van der Waals surface area contributed by atoms with Gasteiger partial charge in [0, 0.05) is 39.3 Å². The van der Waals surface area contributed by atoms with Gasteiger partial charge in [-0.1, -0.05) is 0 Å². The Hall–Kier alpha value is -1.87. The van der Waals surface area contributed by atoms with Gasteiger partial charge in [0.05, 0.1) is 6.07 Å². The van der Waals surface area contributed by atoms with Crippen molar-refractivity contribution in [2.24, 2.45) is 0 Å². The third-order valence-corrected chi connectivity index (χ3v) is 3.16. The van der Waals surface area contributed by atoms with Gasteiger partial charge in [0.1, 0.15) is 24.5 Å². The van der Waals surface area contributed by atoms with E-state index in [1.807, 2.05) is 18.0 Å². The molecule has 1 aliphatic heterocycles. The van der Waals surface area contributed by atoms with Crippen molar-refractivity contribution in [2.45, 2.75) is 0 Å². The van der Waals surface area contributed by atoms with E-state index in [1.54, 1.807) is 6.33 Å². The van der Waals surface area contributed by atoms with Crippen molar-refractivity contribution >= 4 is 11.6 Å². The second kappa shape index (κ2) is 5.65. The quantitative estimate of drug-likeness (QED) is 0.710. The van der Waals surface area contributed by atoms with Gasteiger partial charge in [-0.25, -0.2) is 9.97 Å². The molecule has 6 nitrogen and oxygen atoms in total. The molecule has 0 radical (unpaired) electrons. The Morgan fingerprint density at radius 1 is 1.33 bits per heavy atom. The van der Waals surface area contributed by atoms with E-state index in [0.717, 1.165) is 37.8 Å². The lowest BCUT2D eigenvalue weighted by Gasteiger charge is -2.33. The Kier molecular flexibility index (Phi) is 3.95. The molecule has 1 aromatic heterocycles. The first-order valence-electron chi connectivity index (χ1n) is 6.04. The minimum atomic E-state index is 0.333. The van der Waals surface area contributed by atoms with Gasteiger partial charge in [-0.3, -0.25) is 0 Å². The molecule has 6 heteroatoms. The Balaban J connectivity index is 2.10. The predicted octanol–water partition coefficient (Wildman–Crippen LogP) is 0.188. The van der Waals surface area contributed by atoms with Crippen LogP contribution in [0.4, 0.5) is 11.6 Å². The maximum absolute atomic E-state index is 8.69. The fourth-order valence-electron chi connectivity index (χ4n) is 1.94. The fraction of sp³-hybridized carbons (Fsp3) is 0.583. The third-order valence-electron chi connectivity index (χ3n) is 3.16. The minimum absolute atomic E-state index is 0.333. The molecule has 0 spiro atoms. The van der Waals surface area contributed by atoms with E-state index in [2.05, 4.69) is 32.9 Å². The summed E-state index contributed by atoms with van der Waals surface area (Å²) in [6, 6.07) is 4.06. The highest BCUT2D eigenvalue weighted by atomic mass is 15.3. The highest BCUT2D eigenvalue weighted by Crippen LogP contribution is 2.17. The predicted molar refractivity (Wildman–Crippen MR) is 70.6 cm³/mol. The summed E-state index contributed by atoms with van der Waals surface area (Å²) in [5.74, 6) is 1.73. The highest BCUT2D eigenvalue weighted by Gasteiger charge is 2.16. The summed E-state index contributed by atoms with van der Waals surface area (Å²) in [6.07, 6.45) is 1.57. The normalized spacial score (nSPS) is 16.4. The first kappa shape index (κ1) is 12.6. The standard InChI is InChI=1S/C12H18N6/c1-16-5-7-18(8-6-16)12-9-11(14-10-15-12)17(2)4-3-13/h9-10H,4-8H2,1-2H3. The average Bonchev–Trinajstić information content (AvgIpc) is 2.40. The number of nitriles is 1. The lowest BCUT2D eigenvalue weighted by molar-refractivity contribution is 0.312. The number of rotatable bonds is 3. The van der Waals surface area contributed by atoms with Crippen molar-refractivity contribution in [1.29, 1.82) is 5.26 Å². The van der Waals surface area contributed by atoms with Crippen molar-refractivity contribution in [3.8, 4) is 6.07 Å². The van der Waals surface area contributed by atoms with Crippen LogP contribution in [0.5, 0.6) is 0 Å². The minimum Gasteiger partial charge on any atom is -0.354 e. The molecule has 0 atom stereocenters. The van der Waals surface area contributed by atoms with Crippen LogP contribution in [-0.4, -0.2) is 61.7 Å². The van der Waals surface area contributed by atoms with Gasteiger partial charge in [-0.05, 0) is 7.05 Å². The number of nitrogens with zero attached hydrogens (tertiary/aromatic N) is 6. The second-order valence-corrected chi connectivity index (χ2v) is 4.54. The summed E-state index contributed by atoms with van der Waals surface area (Å²) in [5.41, 5.74) is 0. The van der Waals surface area contributed by atoms with Crippen molar-refractivity contribution < 1.29 is 0 Å². The molecule has 0 saturated carbocycles. The first-order valence-corrected chi connectivity index (χ1v) is 6.04. The highest BCUT2D eigenvalue weighted by molar-refractivity contribution is 5.50. The molecule has 0 unspecified atom stereocenters. The Bertz CT molecular complexity index is 432. The van der Waals surface area contributed by atoms with Crippen molar-refractivity contribution in [2.75, 3.05) is 56.6 Å². The first-order chi connectivity index (χ1) is 8.70. The molecule has 0 amide bonds. The molecule has 2 heterocycles. The maximum Gasteiger partial charge on any atom is 0.134 e. The molecule has 1 aliphatic rings. The molecule has 1 aromatic rings. The van der Waals surface area contributed by atoms with Crippen molar-refractivity contribution in [1.82, 2.24) is 14.9 Å². The van der Waals surface area contributed by atoms with Crippen LogP contribution in [0.2, 0.25) is 0 Å². The molecular formula is C12H18N6. The third kappa shape index (κ3) is 2.87. The molecule has 1 fully saturated rings. The van der Waals surface area contributed by atoms with E-state index in [4.69, 9.17) is 5.26 Å².